The topological polar surface area (TPSA) is 99.7 Å². The number of rotatable bonds is 7. The fourth-order valence-electron chi connectivity index (χ4n) is 5.58. The number of piperazine rings is 1. The quantitative estimate of drug-likeness (QED) is 0.451. The maximum atomic E-state index is 14.4. The Labute approximate surface area is 244 Å². The third kappa shape index (κ3) is 6.01. The fraction of sp³-hybridized carbons (Fsp3) is 0.323. The molecule has 0 aliphatic carbocycles. The molecule has 4 amide bonds. The first kappa shape index (κ1) is 28.9. The molecule has 2 aliphatic heterocycles. The lowest BCUT2D eigenvalue weighted by Gasteiger charge is -2.54. The molecule has 0 aromatic heterocycles. The highest BCUT2D eigenvalue weighted by molar-refractivity contribution is 5.91. The summed E-state index contributed by atoms with van der Waals surface area (Å²) in [6.07, 6.45) is -0.562. The minimum absolute atomic E-state index is 0.0707. The van der Waals surface area contributed by atoms with E-state index in [4.69, 9.17) is 0 Å². The van der Waals surface area contributed by atoms with Crippen molar-refractivity contribution in [1.29, 1.82) is 0 Å². The number of anilines is 1. The molecule has 3 aromatic carbocycles. The molecule has 42 heavy (non-hydrogen) atoms. The van der Waals surface area contributed by atoms with Crippen LogP contribution in [-0.4, -0.2) is 89.2 Å². The number of benzene rings is 3. The van der Waals surface area contributed by atoms with Gasteiger partial charge in [-0.15, -0.1) is 0 Å². The molecule has 2 saturated heterocycles. The third-order valence-electron chi connectivity index (χ3n) is 7.67. The van der Waals surface area contributed by atoms with Crippen molar-refractivity contribution >= 4 is 23.5 Å². The van der Waals surface area contributed by atoms with Gasteiger partial charge in [0.25, 0.3) is 0 Å². The molecule has 3 aromatic rings. The number of nitrogens with one attached hydrogen (secondary N) is 1. The number of nitrogens with zero attached hydrogens (tertiary/aromatic N) is 5. The standard InChI is InChI=1S/C31H35FN6O4/c1-34(2)26-16-23(11-14-25(26)32)18-36-19-28-37(27(30(36)41)15-21-9-12-24(39)13-10-21)29(40)20-35(3)38(28)31(42)33-17-22-7-5-4-6-8-22/h4-14,16,27-28,39H,15,17-20H2,1-3H3,(H,33,42)/t27-,28?/m0/s1. The summed E-state index contributed by atoms with van der Waals surface area (Å²) in [6, 6.07) is 19.5. The van der Waals surface area contributed by atoms with Gasteiger partial charge in [0, 0.05) is 40.7 Å². The smallest absolute Gasteiger partial charge is 0.334 e. The normalized spacial score (nSPS) is 19.1. The summed E-state index contributed by atoms with van der Waals surface area (Å²) in [7, 11) is 5.17. The fourth-order valence-corrected chi connectivity index (χ4v) is 5.58. The van der Waals surface area contributed by atoms with Crippen LogP contribution in [0.25, 0.3) is 0 Å². The van der Waals surface area contributed by atoms with Crippen LogP contribution in [0.1, 0.15) is 16.7 Å². The van der Waals surface area contributed by atoms with Crippen LogP contribution in [0.15, 0.2) is 72.8 Å². The van der Waals surface area contributed by atoms with Crippen molar-refractivity contribution in [3.63, 3.8) is 0 Å². The third-order valence-corrected chi connectivity index (χ3v) is 7.67. The van der Waals surface area contributed by atoms with Gasteiger partial charge in [-0.2, -0.15) is 0 Å². The van der Waals surface area contributed by atoms with Gasteiger partial charge in [-0.1, -0.05) is 48.5 Å². The zero-order chi connectivity index (χ0) is 30.0. The van der Waals surface area contributed by atoms with Gasteiger partial charge >= 0.3 is 6.03 Å². The predicted octanol–water partition coefficient (Wildman–Crippen LogP) is 2.78. The second kappa shape index (κ2) is 12.1. The van der Waals surface area contributed by atoms with E-state index in [-0.39, 0.29) is 49.4 Å². The first-order valence-corrected chi connectivity index (χ1v) is 13.8. The second-order valence-electron chi connectivity index (χ2n) is 10.9. The maximum absolute atomic E-state index is 14.4. The number of hydrogen-bond acceptors (Lipinski definition) is 6. The molecule has 220 valence electrons. The van der Waals surface area contributed by atoms with Crippen molar-refractivity contribution < 1.29 is 23.9 Å². The largest absolute Gasteiger partial charge is 0.508 e. The summed E-state index contributed by atoms with van der Waals surface area (Å²) in [5, 5.41) is 15.8. The summed E-state index contributed by atoms with van der Waals surface area (Å²) in [6.45, 7) is 0.480. The SMILES string of the molecule is CN(C)c1cc(CN2CC3N(C(=O)CN(C)N3C(=O)NCc3ccccc3)[C@@H](Cc3ccc(O)cc3)C2=O)ccc1F. The Bertz CT molecular complexity index is 1450. The molecule has 2 fully saturated rings. The van der Waals surface area contributed by atoms with Crippen LogP contribution in [0.5, 0.6) is 5.75 Å². The molecule has 2 aliphatic rings. The number of carbonyl (C=O) groups is 3. The number of urea groups is 1. The van der Waals surface area contributed by atoms with Gasteiger partial charge in [0.2, 0.25) is 11.8 Å². The van der Waals surface area contributed by atoms with Gasteiger partial charge in [0.1, 0.15) is 23.8 Å². The lowest BCUT2D eigenvalue weighted by atomic mass is 9.98. The van der Waals surface area contributed by atoms with Crippen LogP contribution in [-0.2, 0) is 29.1 Å². The summed E-state index contributed by atoms with van der Waals surface area (Å²) in [4.78, 5) is 45.9. The average molecular weight is 575 g/mol. The van der Waals surface area contributed by atoms with Crippen molar-refractivity contribution in [2.45, 2.75) is 31.7 Å². The molecule has 0 radical (unpaired) electrons. The molecule has 1 unspecified atom stereocenters. The summed E-state index contributed by atoms with van der Waals surface area (Å²) >= 11 is 0. The lowest BCUT2D eigenvalue weighted by molar-refractivity contribution is -0.187. The minimum Gasteiger partial charge on any atom is -0.508 e. The highest BCUT2D eigenvalue weighted by Crippen LogP contribution is 2.30. The highest BCUT2D eigenvalue weighted by Gasteiger charge is 2.50. The van der Waals surface area contributed by atoms with Gasteiger partial charge in [-0.05, 0) is 41.0 Å². The number of hydrazine groups is 1. The molecule has 0 spiro atoms. The number of amides is 4. The van der Waals surface area contributed by atoms with E-state index >= 15 is 0 Å². The Morgan fingerprint density at radius 2 is 1.69 bits per heavy atom. The predicted molar refractivity (Wildman–Crippen MR) is 156 cm³/mol. The first-order chi connectivity index (χ1) is 20.1. The number of carbonyl (C=O) groups excluding carboxylic acids is 3. The van der Waals surface area contributed by atoms with Crippen LogP contribution < -0.4 is 10.2 Å². The van der Waals surface area contributed by atoms with E-state index in [1.165, 1.54) is 28.1 Å². The molecular weight excluding hydrogens is 539 g/mol. The minimum atomic E-state index is -0.882. The maximum Gasteiger partial charge on any atom is 0.334 e. The summed E-state index contributed by atoms with van der Waals surface area (Å²) < 4.78 is 14.4. The van der Waals surface area contributed by atoms with E-state index in [1.807, 2.05) is 30.3 Å². The Hall–Kier alpha value is -4.64. The lowest BCUT2D eigenvalue weighted by Crippen LogP contribution is -2.76. The first-order valence-electron chi connectivity index (χ1n) is 13.8. The van der Waals surface area contributed by atoms with Gasteiger partial charge in [-0.25, -0.2) is 19.2 Å². The molecule has 5 rings (SSSR count). The van der Waals surface area contributed by atoms with E-state index in [9.17, 15) is 23.9 Å². The second-order valence-corrected chi connectivity index (χ2v) is 10.9. The van der Waals surface area contributed by atoms with Crippen molar-refractivity contribution in [2.24, 2.45) is 0 Å². The number of aromatic hydroxyl groups is 1. The molecule has 2 N–H and O–H groups in total. The Kier molecular flexibility index (Phi) is 8.30. The van der Waals surface area contributed by atoms with Crippen LogP contribution in [0.4, 0.5) is 14.9 Å². The van der Waals surface area contributed by atoms with Crippen molar-refractivity contribution in [2.75, 3.05) is 39.1 Å². The van der Waals surface area contributed by atoms with Crippen molar-refractivity contribution in [1.82, 2.24) is 25.1 Å². The van der Waals surface area contributed by atoms with Gasteiger partial charge in [-0.3, -0.25) is 9.59 Å². The molecule has 0 bridgehead atoms. The summed E-state index contributed by atoms with van der Waals surface area (Å²) in [5.41, 5.74) is 2.81. The number of likely N-dealkylation sites (N-methyl/N-ethyl adjacent to an activating group) is 1. The number of halogens is 1. The molecule has 2 atom stereocenters. The molecule has 2 heterocycles. The number of phenolic OH excluding ortho intramolecular Hbond substituents is 1. The average Bonchev–Trinajstić information content (AvgIpc) is 2.96. The van der Waals surface area contributed by atoms with Crippen LogP contribution >= 0.6 is 0 Å². The zero-order valence-corrected chi connectivity index (χ0v) is 23.9. The van der Waals surface area contributed by atoms with Crippen molar-refractivity contribution in [3.05, 3.63) is 95.3 Å². The van der Waals surface area contributed by atoms with E-state index in [0.29, 0.717) is 12.2 Å². The van der Waals surface area contributed by atoms with Gasteiger partial charge < -0.3 is 25.1 Å². The van der Waals surface area contributed by atoms with Crippen LogP contribution in [0.3, 0.4) is 0 Å². The van der Waals surface area contributed by atoms with Crippen LogP contribution in [0.2, 0.25) is 0 Å². The van der Waals surface area contributed by atoms with E-state index in [0.717, 1.165) is 16.7 Å². The van der Waals surface area contributed by atoms with E-state index in [2.05, 4.69) is 5.32 Å². The number of fused-ring (bicyclic) bond motifs is 1. The Morgan fingerprint density at radius 1 is 1.00 bits per heavy atom. The van der Waals surface area contributed by atoms with E-state index < -0.39 is 18.2 Å². The van der Waals surface area contributed by atoms with E-state index in [1.54, 1.807) is 60.2 Å². The summed E-state index contributed by atoms with van der Waals surface area (Å²) in [5.74, 6) is -0.801. The molecule has 11 heteroatoms. The Balaban J connectivity index is 1.47. The molecular formula is C31H35FN6O4. The monoisotopic (exact) mass is 574 g/mol. The molecule has 10 nitrogen and oxygen atoms in total. The number of phenols is 1. The van der Waals surface area contributed by atoms with Crippen LogP contribution in [0, 0.1) is 5.82 Å². The van der Waals surface area contributed by atoms with Crippen molar-refractivity contribution in [3.8, 4) is 5.75 Å². The molecule has 0 saturated carbocycles. The number of hydrogen-bond donors (Lipinski definition) is 2. The Morgan fingerprint density at radius 3 is 2.38 bits per heavy atom. The highest BCUT2D eigenvalue weighted by atomic mass is 19.1. The van der Waals surface area contributed by atoms with Gasteiger partial charge in [0.05, 0.1) is 18.8 Å². The van der Waals surface area contributed by atoms with Gasteiger partial charge in [0.15, 0.2) is 0 Å². The zero-order valence-electron chi connectivity index (χ0n) is 23.9.